The van der Waals surface area contributed by atoms with Crippen LogP contribution in [-0.4, -0.2) is 41.0 Å². The number of carbonyl (C=O) groups is 3. The van der Waals surface area contributed by atoms with Crippen LogP contribution in [0, 0.1) is 5.92 Å². The van der Waals surface area contributed by atoms with Crippen molar-refractivity contribution in [1.29, 1.82) is 0 Å². The van der Waals surface area contributed by atoms with Crippen molar-refractivity contribution in [2.45, 2.75) is 39.7 Å². The molecule has 0 spiro atoms. The minimum Gasteiger partial charge on any atom is -0.465 e. The van der Waals surface area contributed by atoms with Crippen molar-refractivity contribution in [3.05, 3.63) is 47.0 Å². The number of imidazole rings is 1. The molecule has 3 rings (SSSR count). The van der Waals surface area contributed by atoms with Crippen LogP contribution in [0.25, 0.3) is 0 Å². The van der Waals surface area contributed by atoms with Crippen molar-refractivity contribution in [2.24, 2.45) is 5.92 Å². The number of esters is 1. The SMILES string of the molecule is COC(=O)c1ccc(NC(=O)c2nc(C(=O)NCC(C)C)c3n2CCCC3)cc1. The molecule has 0 bridgehead atoms. The molecule has 2 aromatic rings. The number of nitrogens with one attached hydrogen (secondary N) is 2. The Bertz CT molecular complexity index is 916. The standard InChI is InChI=1S/C21H26N4O4/c1-13(2)12-22-19(26)17-16-6-4-5-11-25(16)18(24-17)20(27)23-15-9-7-14(8-10-15)21(28)29-3/h7-10,13H,4-6,11-12H2,1-3H3,(H,22,26)(H,23,27). The molecule has 2 N–H and O–H groups in total. The summed E-state index contributed by atoms with van der Waals surface area (Å²) in [6.07, 6.45) is 2.62. The normalized spacial score (nSPS) is 13.0. The molecule has 0 saturated heterocycles. The van der Waals surface area contributed by atoms with Gasteiger partial charge in [0.25, 0.3) is 11.8 Å². The van der Waals surface area contributed by atoms with E-state index in [4.69, 9.17) is 0 Å². The van der Waals surface area contributed by atoms with Gasteiger partial charge in [0.05, 0.1) is 18.4 Å². The van der Waals surface area contributed by atoms with Gasteiger partial charge in [-0.05, 0) is 49.4 Å². The molecule has 8 heteroatoms. The van der Waals surface area contributed by atoms with Crippen LogP contribution in [0.4, 0.5) is 5.69 Å². The first-order valence-corrected chi connectivity index (χ1v) is 9.78. The molecule has 0 fully saturated rings. The third kappa shape index (κ3) is 4.64. The summed E-state index contributed by atoms with van der Waals surface area (Å²) in [4.78, 5) is 41.3. The van der Waals surface area contributed by atoms with Gasteiger partial charge in [0.1, 0.15) is 5.69 Å². The molecule has 2 amide bonds. The number of amides is 2. The van der Waals surface area contributed by atoms with Crippen LogP contribution in [-0.2, 0) is 17.7 Å². The van der Waals surface area contributed by atoms with E-state index in [1.807, 2.05) is 18.4 Å². The zero-order chi connectivity index (χ0) is 21.0. The van der Waals surface area contributed by atoms with E-state index in [1.165, 1.54) is 7.11 Å². The van der Waals surface area contributed by atoms with Crippen LogP contribution in [0.5, 0.6) is 0 Å². The molecule has 1 aliphatic heterocycles. The second-order valence-corrected chi connectivity index (χ2v) is 7.47. The maximum atomic E-state index is 12.8. The van der Waals surface area contributed by atoms with E-state index in [0.29, 0.717) is 36.0 Å². The average molecular weight is 398 g/mol. The van der Waals surface area contributed by atoms with Crippen LogP contribution in [0.15, 0.2) is 24.3 Å². The molecule has 0 radical (unpaired) electrons. The molecule has 1 aromatic carbocycles. The first-order chi connectivity index (χ1) is 13.9. The van der Waals surface area contributed by atoms with E-state index in [1.54, 1.807) is 24.3 Å². The predicted octanol–water partition coefficient (Wildman–Crippen LogP) is 2.64. The summed E-state index contributed by atoms with van der Waals surface area (Å²) in [6.45, 7) is 5.25. The molecule has 0 saturated carbocycles. The molecular formula is C21H26N4O4. The first-order valence-electron chi connectivity index (χ1n) is 9.78. The Balaban J connectivity index is 1.81. The number of aromatic nitrogens is 2. The van der Waals surface area contributed by atoms with Crippen molar-refractivity contribution in [2.75, 3.05) is 19.0 Å². The monoisotopic (exact) mass is 398 g/mol. The van der Waals surface area contributed by atoms with E-state index < -0.39 is 5.97 Å². The highest BCUT2D eigenvalue weighted by Crippen LogP contribution is 2.22. The Morgan fingerprint density at radius 1 is 1.14 bits per heavy atom. The minimum atomic E-state index is -0.442. The Hall–Kier alpha value is -3.16. The Kier molecular flexibility index (Phi) is 6.31. The van der Waals surface area contributed by atoms with Gasteiger partial charge in [-0.3, -0.25) is 9.59 Å². The maximum Gasteiger partial charge on any atom is 0.337 e. The molecule has 29 heavy (non-hydrogen) atoms. The molecule has 0 atom stereocenters. The molecule has 8 nitrogen and oxygen atoms in total. The second-order valence-electron chi connectivity index (χ2n) is 7.47. The van der Waals surface area contributed by atoms with Crippen LogP contribution in [0.1, 0.15) is 63.8 Å². The lowest BCUT2D eigenvalue weighted by Crippen LogP contribution is -2.29. The zero-order valence-corrected chi connectivity index (χ0v) is 16.9. The van der Waals surface area contributed by atoms with E-state index in [0.717, 1.165) is 25.0 Å². The van der Waals surface area contributed by atoms with Gasteiger partial charge in [0.2, 0.25) is 0 Å². The lowest BCUT2D eigenvalue weighted by Gasteiger charge is -2.17. The highest BCUT2D eigenvalue weighted by atomic mass is 16.5. The second kappa shape index (κ2) is 8.89. The highest BCUT2D eigenvalue weighted by molar-refractivity contribution is 6.04. The van der Waals surface area contributed by atoms with Crippen LogP contribution in [0.2, 0.25) is 0 Å². The van der Waals surface area contributed by atoms with E-state index in [-0.39, 0.29) is 17.6 Å². The number of carbonyl (C=O) groups excluding carboxylic acids is 3. The van der Waals surface area contributed by atoms with Gasteiger partial charge in [0.15, 0.2) is 5.82 Å². The lowest BCUT2D eigenvalue weighted by molar-refractivity contribution is 0.0600. The fraction of sp³-hybridized carbons (Fsp3) is 0.429. The Labute approximate surface area is 169 Å². The Morgan fingerprint density at radius 2 is 1.86 bits per heavy atom. The molecule has 1 aliphatic rings. The van der Waals surface area contributed by atoms with Crippen LogP contribution >= 0.6 is 0 Å². The maximum absolute atomic E-state index is 12.8. The van der Waals surface area contributed by atoms with E-state index in [2.05, 4.69) is 20.4 Å². The van der Waals surface area contributed by atoms with Gasteiger partial charge in [-0.1, -0.05) is 13.8 Å². The summed E-state index contributed by atoms with van der Waals surface area (Å²) in [7, 11) is 1.31. The number of rotatable bonds is 6. The molecule has 2 heterocycles. The number of fused-ring (bicyclic) bond motifs is 1. The van der Waals surface area contributed by atoms with Crippen molar-refractivity contribution in [3.63, 3.8) is 0 Å². The number of nitrogens with zero attached hydrogens (tertiary/aromatic N) is 2. The lowest BCUT2D eigenvalue weighted by atomic mass is 10.1. The minimum absolute atomic E-state index is 0.228. The summed E-state index contributed by atoms with van der Waals surface area (Å²) in [6, 6.07) is 6.40. The number of ether oxygens (including phenoxy) is 1. The zero-order valence-electron chi connectivity index (χ0n) is 16.9. The summed E-state index contributed by atoms with van der Waals surface area (Å²) in [5.41, 5.74) is 2.06. The summed E-state index contributed by atoms with van der Waals surface area (Å²) < 4.78 is 6.51. The molecule has 0 unspecified atom stereocenters. The van der Waals surface area contributed by atoms with Crippen molar-refractivity contribution >= 4 is 23.5 Å². The van der Waals surface area contributed by atoms with Crippen molar-refractivity contribution in [3.8, 4) is 0 Å². The third-order valence-corrected chi connectivity index (χ3v) is 4.77. The third-order valence-electron chi connectivity index (χ3n) is 4.77. The molecule has 0 aliphatic carbocycles. The predicted molar refractivity (Wildman–Crippen MR) is 108 cm³/mol. The number of anilines is 1. The molecule has 1 aromatic heterocycles. The van der Waals surface area contributed by atoms with Crippen molar-refractivity contribution in [1.82, 2.24) is 14.9 Å². The van der Waals surface area contributed by atoms with Gasteiger partial charge < -0.3 is 19.9 Å². The fourth-order valence-electron chi connectivity index (χ4n) is 3.27. The number of hydrogen-bond acceptors (Lipinski definition) is 5. The quantitative estimate of drug-likeness (QED) is 0.729. The molecular weight excluding hydrogens is 372 g/mol. The van der Waals surface area contributed by atoms with Crippen LogP contribution in [0.3, 0.4) is 0 Å². The van der Waals surface area contributed by atoms with Gasteiger partial charge in [-0.2, -0.15) is 0 Å². The summed E-state index contributed by atoms with van der Waals surface area (Å²) in [5, 5.41) is 5.67. The number of benzene rings is 1. The Morgan fingerprint density at radius 3 is 2.52 bits per heavy atom. The topological polar surface area (TPSA) is 102 Å². The average Bonchev–Trinajstić information content (AvgIpc) is 3.12. The van der Waals surface area contributed by atoms with Gasteiger partial charge in [0, 0.05) is 18.8 Å². The summed E-state index contributed by atoms with van der Waals surface area (Å²) >= 11 is 0. The largest absolute Gasteiger partial charge is 0.465 e. The van der Waals surface area contributed by atoms with Crippen molar-refractivity contribution < 1.29 is 19.1 Å². The highest BCUT2D eigenvalue weighted by Gasteiger charge is 2.27. The summed E-state index contributed by atoms with van der Waals surface area (Å²) in [5.74, 6) is -0.519. The number of methoxy groups -OCH3 is 1. The number of hydrogen-bond donors (Lipinski definition) is 2. The van der Waals surface area contributed by atoms with E-state index in [9.17, 15) is 14.4 Å². The van der Waals surface area contributed by atoms with E-state index >= 15 is 0 Å². The van der Waals surface area contributed by atoms with Gasteiger partial charge in [-0.25, -0.2) is 9.78 Å². The van der Waals surface area contributed by atoms with Gasteiger partial charge >= 0.3 is 5.97 Å². The smallest absolute Gasteiger partial charge is 0.337 e. The fourth-order valence-corrected chi connectivity index (χ4v) is 3.27. The van der Waals surface area contributed by atoms with Crippen LogP contribution < -0.4 is 10.6 Å². The van der Waals surface area contributed by atoms with Gasteiger partial charge in [-0.15, -0.1) is 0 Å². The first kappa shape index (κ1) is 20.6. The molecule has 154 valence electrons.